The van der Waals surface area contributed by atoms with Crippen LogP contribution in [0.15, 0.2) is 0 Å². The van der Waals surface area contributed by atoms with Crippen LogP contribution in [-0.2, 0) is 0 Å². The van der Waals surface area contributed by atoms with Crippen LogP contribution >= 0.6 is 0 Å². The Hall–Kier alpha value is -0.0800. The van der Waals surface area contributed by atoms with E-state index in [1.54, 1.807) is 0 Å². The van der Waals surface area contributed by atoms with Gasteiger partial charge in [0.15, 0.2) is 0 Å². The number of fused-ring (bicyclic) bond motifs is 2. The van der Waals surface area contributed by atoms with Gasteiger partial charge in [-0.15, -0.1) is 0 Å². The molecule has 0 amide bonds. The minimum atomic E-state index is -0.00435. The van der Waals surface area contributed by atoms with Crippen molar-refractivity contribution >= 4 is 0 Å². The fourth-order valence-corrected chi connectivity index (χ4v) is 2.76. The first-order valence-electron chi connectivity index (χ1n) is 4.75. The van der Waals surface area contributed by atoms with Gasteiger partial charge in [0.1, 0.15) is 0 Å². The van der Waals surface area contributed by atoms with Crippen LogP contribution in [0.3, 0.4) is 0 Å². The van der Waals surface area contributed by atoms with Crippen molar-refractivity contribution in [2.75, 3.05) is 6.54 Å². The average molecular weight is 155 g/mol. The number of hydrogen-bond acceptors (Lipinski definition) is 2. The zero-order chi connectivity index (χ0) is 7.84. The Kier molecular flexibility index (Phi) is 1.90. The van der Waals surface area contributed by atoms with Gasteiger partial charge in [-0.25, -0.2) is 0 Å². The molecule has 0 aromatic heterocycles. The molecule has 0 saturated carbocycles. The highest BCUT2D eigenvalue weighted by Gasteiger charge is 2.38. The second-order valence-electron chi connectivity index (χ2n) is 3.84. The smallest absolute Gasteiger partial charge is 0.0570 e. The molecule has 0 spiro atoms. The Morgan fingerprint density at radius 2 is 1.82 bits per heavy atom. The molecule has 11 heavy (non-hydrogen) atoms. The predicted octanol–water partition coefficient (Wildman–Crippen LogP) is 0.994. The molecular weight excluding hydrogens is 138 g/mol. The van der Waals surface area contributed by atoms with E-state index in [1.807, 2.05) is 0 Å². The first-order valence-corrected chi connectivity index (χ1v) is 4.75. The van der Waals surface area contributed by atoms with Gasteiger partial charge in [0.25, 0.3) is 0 Å². The Labute approximate surface area is 68.2 Å². The predicted molar refractivity (Wildman–Crippen MR) is 44.4 cm³/mol. The summed E-state index contributed by atoms with van der Waals surface area (Å²) < 4.78 is 0. The van der Waals surface area contributed by atoms with Crippen LogP contribution in [0.4, 0.5) is 0 Å². The minimum absolute atomic E-state index is 0.00435. The lowest BCUT2D eigenvalue weighted by Crippen LogP contribution is -2.44. The highest BCUT2D eigenvalue weighted by atomic mass is 16.3. The molecule has 0 aromatic carbocycles. The van der Waals surface area contributed by atoms with E-state index in [1.165, 1.54) is 19.4 Å². The van der Waals surface area contributed by atoms with Crippen LogP contribution in [-0.4, -0.2) is 34.7 Å². The van der Waals surface area contributed by atoms with E-state index in [2.05, 4.69) is 11.8 Å². The van der Waals surface area contributed by atoms with E-state index in [9.17, 15) is 5.11 Å². The molecule has 2 fully saturated rings. The van der Waals surface area contributed by atoms with Gasteiger partial charge in [-0.05, 0) is 32.2 Å². The zero-order valence-corrected chi connectivity index (χ0v) is 7.16. The number of aliphatic hydroxyl groups excluding tert-OH is 1. The summed E-state index contributed by atoms with van der Waals surface area (Å²) in [5.74, 6) is 0. The zero-order valence-electron chi connectivity index (χ0n) is 7.16. The van der Waals surface area contributed by atoms with Gasteiger partial charge in [0.05, 0.1) is 6.10 Å². The lowest BCUT2D eigenvalue weighted by Gasteiger charge is -2.36. The van der Waals surface area contributed by atoms with Crippen LogP contribution in [0, 0.1) is 0 Å². The molecule has 2 rings (SSSR count). The molecule has 2 aliphatic rings. The van der Waals surface area contributed by atoms with Crippen molar-refractivity contribution in [1.29, 1.82) is 0 Å². The first kappa shape index (κ1) is 7.56. The highest BCUT2D eigenvalue weighted by Crippen LogP contribution is 2.34. The number of nitrogens with zero attached hydrogens (tertiary/aromatic N) is 1. The van der Waals surface area contributed by atoms with E-state index >= 15 is 0 Å². The van der Waals surface area contributed by atoms with Crippen molar-refractivity contribution in [3.63, 3.8) is 0 Å². The summed E-state index contributed by atoms with van der Waals surface area (Å²) in [7, 11) is 0. The third-order valence-electron chi connectivity index (χ3n) is 3.22. The second-order valence-corrected chi connectivity index (χ2v) is 3.84. The fraction of sp³-hybridized carbons (Fsp3) is 1.00. The van der Waals surface area contributed by atoms with Crippen LogP contribution in [0.5, 0.6) is 0 Å². The van der Waals surface area contributed by atoms with Crippen LogP contribution in [0.2, 0.25) is 0 Å². The van der Waals surface area contributed by atoms with Crippen LogP contribution in [0.1, 0.15) is 32.6 Å². The second kappa shape index (κ2) is 2.76. The molecule has 0 aromatic rings. The maximum atomic E-state index is 9.48. The van der Waals surface area contributed by atoms with Gasteiger partial charge in [-0.1, -0.05) is 6.92 Å². The summed E-state index contributed by atoms with van der Waals surface area (Å²) in [5, 5.41) is 9.48. The molecule has 64 valence electrons. The molecular formula is C9H17NO. The summed E-state index contributed by atoms with van der Waals surface area (Å²) >= 11 is 0. The van der Waals surface area contributed by atoms with Crippen molar-refractivity contribution in [3.8, 4) is 0 Å². The van der Waals surface area contributed by atoms with Gasteiger partial charge < -0.3 is 5.11 Å². The summed E-state index contributed by atoms with van der Waals surface area (Å²) in [6, 6.07) is 1.41. The minimum Gasteiger partial charge on any atom is -0.393 e. The number of piperidine rings is 1. The molecule has 2 heteroatoms. The molecule has 2 heterocycles. The quantitative estimate of drug-likeness (QED) is 0.610. The number of rotatable bonds is 1. The normalized spacial score (nSPS) is 44.7. The average Bonchev–Trinajstić information content (AvgIpc) is 2.23. The largest absolute Gasteiger partial charge is 0.393 e. The third kappa shape index (κ3) is 1.18. The Balaban J connectivity index is 2.06. The van der Waals surface area contributed by atoms with Gasteiger partial charge in [-0.3, -0.25) is 4.90 Å². The van der Waals surface area contributed by atoms with E-state index in [4.69, 9.17) is 0 Å². The molecule has 0 radical (unpaired) electrons. The molecule has 2 saturated heterocycles. The lowest BCUT2D eigenvalue weighted by atomic mass is 10.0. The van der Waals surface area contributed by atoms with E-state index < -0.39 is 0 Å². The number of hydrogen-bond donors (Lipinski definition) is 1. The molecule has 0 aliphatic carbocycles. The molecule has 2 aliphatic heterocycles. The maximum Gasteiger partial charge on any atom is 0.0570 e. The van der Waals surface area contributed by atoms with Crippen LogP contribution < -0.4 is 0 Å². The van der Waals surface area contributed by atoms with Crippen molar-refractivity contribution < 1.29 is 5.11 Å². The molecule has 2 bridgehead atoms. The van der Waals surface area contributed by atoms with E-state index in [0.717, 1.165) is 12.8 Å². The fourth-order valence-electron chi connectivity index (χ4n) is 2.76. The van der Waals surface area contributed by atoms with E-state index in [-0.39, 0.29) is 6.10 Å². The summed E-state index contributed by atoms with van der Waals surface area (Å²) in [5.41, 5.74) is 0. The van der Waals surface area contributed by atoms with Gasteiger partial charge in [0, 0.05) is 12.1 Å². The van der Waals surface area contributed by atoms with Crippen LogP contribution in [0.25, 0.3) is 0 Å². The summed E-state index contributed by atoms with van der Waals surface area (Å²) in [6.07, 6.45) is 4.66. The summed E-state index contributed by atoms with van der Waals surface area (Å²) in [6.45, 7) is 3.39. The SMILES string of the molecule is CCN1C2CC[C@H]1CC(O)C2. The monoisotopic (exact) mass is 155 g/mol. The third-order valence-corrected chi connectivity index (χ3v) is 3.22. The number of aliphatic hydroxyl groups is 1. The maximum absolute atomic E-state index is 9.48. The molecule has 3 atom stereocenters. The van der Waals surface area contributed by atoms with Gasteiger partial charge >= 0.3 is 0 Å². The van der Waals surface area contributed by atoms with Crippen molar-refractivity contribution in [3.05, 3.63) is 0 Å². The lowest BCUT2D eigenvalue weighted by molar-refractivity contribution is 0.0387. The summed E-state index contributed by atoms with van der Waals surface area (Å²) in [4.78, 5) is 2.56. The molecule has 2 nitrogen and oxygen atoms in total. The highest BCUT2D eigenvalue weighted by molar-refractivity contribution is 4.94. The van der Waals surface area contributed by atoms with Crippen molar-refractivity contribution in [2.45, 2.75) is 50.8 Å². The topological polar surface area (TPSA) is 23.5 Å². The van der Waals surface area contributed by atoms with Crippen molar-refractivity contribution in [2.24, 2.45) is 0 Å². The van der Waals surface area contributed by atoms with Crippen molar-refractivity contribution in [1.82, 2.24) is 4.90 Å². The first-order chi connectivity index (χ1) is 5.31. The Morgan fingerprint density at radius 3 is 2.27 bits per heavy atom. The van der Waals surface area contributed by atoms with Gasteiger partial charge in [0.2, 0.25) is 0 Å². The van der Waals surface area contributed by atoms with Gasteiger partial charge in [-0.2, -0.15) is 0 Å². The molecule has 1 N–H and O–H groups in total. The Morgan fingerprint density at radius 1 is 1.27 bits per heavy atom. The molecule has 2 unspecified atom stereocenters. The van der Waals surface area contributed by atoms with E-state index in [0.29, 0.717) is 12.1 Å². The standard InChI is InChI=1S/C9H17NO/c1-2-10-7-3-4-8(10)6-9(11)5-7/h7-9,11H,2-6H2,1H3/t7-,8?,9?/m0/s1. The Bertz CT molecular complexity index is 134.